The van der Waals surface area contributed by atoms with Crippen molar-refractivity contribution >= 4 is 15.9 Å². The maximum absolute atomic E-state index is 5.24. The van der Waals surface area contributed by atoms with Crippen LogP contribution < -0.4 is 9.47 Å². The maximum atomic E-state index is 5.24. The van der Waals surface area contributed by atoms with Crippen molar-refractivity contribution in [3.63, 3.8) is 0 Å². The van der Waals surface area contributed by atoms with Crippen LogP contribution in [0.15, 0.2) is 16.6 Å². The van der Waals surface area contributed by atoms with Crippen LogP contribution in [-0.2, 0) is 11.3 Å². The van der Waals surface area contributed by atoms with Crippen LogP contribution in [0.4, 0.5) is 0 Å². The second kappa shape index (κ2) is 3.55. The van der Waals surface area contributed by atoms with Gasteiger partial charge in [0.1, 0.15) is 0 Å². The smallest absolute Gasteiger partial charge is 0.231 e. The summed E-state index contributed by atoms with van der Waals surface area (Å²) in [4.78, 5) is 0. The average Bonchev–Trinajstić information content (AvgIpc) is 2.52. The van der Waals surface area contributed by atoms with Gasteiger partial charge in [0.25, 0.3) is 0 Å². The summed E-state index contributed by atoms with van der Waals surface area (Å²) < 4.78 is 16.5. The highest BCUT2D eigenvalue weighted by molar-refractivity contribution is 9.10. The largest absolute Gasteiger partial charge is 0.454 e. The number of ether oxygens (including phenoxy) is 3. The average molecular weight is 245 g/mol. The van der Waals surface area contributed by atoms with E-state index in [0.29, 0.717) is 13.4 Å². The van der Waals surface area contributed by atoms with Gasteiger partial charge in [-0.15, -0.1) is 0 Å². The molecule has 0 aromatic heterocycles. The zero-order valence-electron chi connectivity index (χ0n) is 7.17. The van der Waals surface area contributed by atoms with Gasteiger partial charge in [0.2, 0.25) is 6.79 Å². The summed E-state index contributed by atoms with van der Waals surface area (Å²) in [6.07, 6.45) is 0. The predicted molar refractivity (Wildman–Crippen MR) is 51.0 cm³/mol. The van der Waals surface area contributed by atoms with Crippen LogP contribution in [0.25, 0.3) is 0 Å². The molecule has 0 atom stereocenters. The highest BCUT2D eigenvalue weighted by Crippen LogP contribution is 2.36. The first kappa shape index (κ1) is 8.84. The third-order valence-corrected chi connectivity index (χ3v) is 2.58. The van der Waals surface area contributed by atoms with Gasteiger partial charge in [0.15, 0.2) is 11.5 Å². The lowest BCUT2D eigenvalue weighted by atomic mass is 10.2. The van der Waals surface area contributed by atoms with E-state index in [4.69, 9.17) is 14.2 Å². The number of benzene rings is 1. The molecule has 0 amide bonds. The van der Waals surface area contributed by atoms with Crippen molar-refractivity contribution in [2.75, 3.05) is 13.9 Å². The van der Waals surface area contributed by atoms with Crippen molar-refractivity contribution in [1.29, 1.82) is 0 Å². The van der Waals surface area contributed by atoms with E-state index in [0.717, 1.165) is 21.5 Å². The maximum Gasteiger partial charge on any atom is 0.231 e. The summed E-state index contributed by atoms with van der Waals surface area (Å²) in [7, 11) is 1.66. The quantitative estimate of drug-likeness (QED) is 0.800. The van der Waals surface area contributed by atoms with Gasteiger partial charge in [-0.1, -0.05) is 15.9 Å². The Morgan fingerprint density at radius 2 is 2.08 bits per heavy atom. The molecule has 0 bridgehead atoms. The molecule has 13 heavy (non-hydrogen) atoms. The molecule has 4 heteroatoms. The van der Waals surface area contributed by atoms with Crippen LogP contribution in [0.3, 0.4) is 0 Å². The van der Waals surface area contributed by atoms with Crippen LogP contribution in [0, 0.1) is 0 Å². The molecule has 1 heterocycles. The zero-order valence-corrected chi connectivity index (χ0v) is 8.76. The Bertz CT molecular complexity index is 325. The number of rotatable bonds is 2. The Hall–Kier alpha value is -0.740. The van der Waals surface area contributed by atoms with Crippen molar-refractivity contribution in [2.45, 2.75) is 6.61 Å². The summed E-state index contributed by atoms with van der Waals surface area (Å²) in [5, 5.41) is 0. The molecule has 1 aliphatic heterocycles. The first-order chi connectivity index (χ1) is 6.31. The number of methoxy groups -OCH3 is 1. The van der Waals surface area contributed by atoms with Gasteiger partial charge in [-0.05, 0) is 17.7 Å². The van der Waals surface area contributed by atoms with E-state index in [2.05, 4.69) is 15.9 Å². The fraction of sp³-hybridized carbons (Fsp3) is 0.333. The number of fused-ring (bicyclic) bond motifs is 1. The standard InChI is InChI=1S/C9H9BrO3/c1-11-4-6-2-8-9(3-7(6)10)13-5-12-8/h2-3H,4-5H2,1H3. The normalized spacial score (nSPS) is 13.4. The Kier molecular flexibility index (Phi) is 2.42. The Morgan fingerprint density at radius 3 is 2.77 bits per heavy atom. The van der Waals surface area contributed by atoms with Gasteiger partial charge in [-0.25, -0.2) is 0 Å². The van der Waals surface area contributed by atoms with E-state index in [1.165, 1.54) is 0 Å². The van der Waals surface area contributed by atoms with E-state index in [1.807, 2.05) is 12.1 Å². The minimum Gasteiger partial charge on any atom is -0.454 e. The van der Waals surface area contributed by atoms with Crippen molar-refractivity contribution < 1.29 is 14.2 Å². The molecule has 0 fully saturated rings. The van der Waals surface area contributed by atoms with E-state index in [1.54, 1.807) is 7.11 Å². The molecular weight excluding hydrogens is 236 g/mol. The molecule has 1 aromatic rings. The molecule has 0 unspecified atom stereocenters. The first-order valence-electron chi connectivity index (χ1n) is 3.88. The summed E-state index contributed by atoms with van der Waals surface area (Å²) in [6.45, 7) is 0.870. The Morgan fingerprint density at radius 1 is 1.38 bits per heavy atom. The summed E-state index contributed by atoms with van der Waals surface area (Å²) in [5.41, 5.74) is 1.06. The lowest BCUT2D eigenvalue weighted by Gasteiger charge is -2.04. The molecule has 1 aromatic carbocycles. The third kappa shape index (κ3) is 1.64. The van der Waals surface area contributed by atoms with Crippen LogP contribution in [0.5, 0.6) is 11.5 Å². The van der Waals surface area contributed by atoms with Crippen LogP contribution in [0.1, 0.15) is 5.56 Å². The fourth-order valence-electron chi connectivity index (χ4n) is 1.23. The Labute approximate surface area is 84.7 Å². The molecule has 0 spiro atoms. The molecule has 0 aliphatic carbocycles. The van der Waals surface area contributed by atoms with Gasteiger partial charge in [0.05, 0.1) is 6.61 Å². The molecule has 2 rings (SSSR count). The highest BCUT2D eigenvalue weighted by Gasteiger charge is 2.15. The van der Waals surface area contributed by atoms with E-state index < -0.39 is 0 Å². The number of hydrogen-bond donors (Lipinski definition) is 0. The van der Waals surface area contributed by atoms with Gasteiger partial charge in [0, 0.05) is 11.6 Å². The van der Waals surface area contributed by atoms with Crippen LogP contribution >= 0.6 is 15.9 Å². The van der Waals surface area contributed by atoms with Crippen LogP contribution in [0.2, 0.25) is 0 Å². The molecule has 3 nitrogen and oxygen atoms in total. The summed E-state index contributed by atoms with van der Waals surface area (Å²) in [6, 6.07) is 3.83. The molecule has 0 saturated carbocycles. The van der Waals surface area contributed by atoms with Gasteiger partial charge in [-0.2, -0.15) is 0 Å². The number of halogens is 1. The first-order valence-corrected chi connectivity index (χ1v) is 4.67. The van der Waals surface area contributed by atoms with Crippen LogP contribution in [-0.4, -0.2) is 13.9 Å². The third-order valence-electron chi connectivity index (χ3n) is 1.84. The van der Waals surface area contributed by atoms with Crippen molar-refractivity contribution in [3.05, 3.63) is 22.2 Å². The lowest BCUT2D eigenvalue weighted by Crippen LogP contribution is -1.93. The Balaban J connectivity index is 2.37. The molecule has 70 valence electrons. The predicted octanol–water partition coefficient (Wildman–Crippen LogP) is 2.32. The molecule has 0 radical (unpaired) electrons. The SMILES string of the molecule is COCc1cc2c(cc1Br)OCO2. The summed E-state index contributed by atoms with van der Waals surface area (Å²) >= 11 is 3.44. The highest BCUT2D eigenvalue weighted by atomic mass is 79.9. The minimum atomic E-state index is 0.304. The minimum absolute atomic E-state index is 0.304. The number of hydrogen-bond acceptors (Lipinski definition) is 3. The van der Waals surface area contributed by atoms with Crippen molar-refractivity contribution in [2.24, 2.45) is 0 Å². The molecule has 0 saturated heterocycles. The lowest BCUT2D eigenvalue weighted by molar-refractivity contribution is 0.173. The molecule has 0 N–H and O–H groups in total. The van der Waals surface area contributed by atoms with E-state index in [-0.39, 0.29) is 0 Å². The van der Waals surface area contributed by atoms with E-state index in [9.17, 15) is 0 Å². The van der Waals surface area contributed by atoms with Gasteiger partial charge in [-0.3, -0.25) is 0 Å². The van der Waals surface area contributed by atoms with Crippen molar-refractivity contribution in [1.82, 2.24) is 0 Å². The molecule has 1 aliphatic rings. The fourth-order valence-corrected chi connectivity index (χ4v) is 1.66. The second-order valence-electron chi connectivity index (χ2n) is 2.73. The zero-order chi connectivity index (χ0) is 9.26. The summed E-state index contributed by atoms with van der Waals surface area (Å²) in [5.74, 6) is 1.57. The monoisotopic (exact) mass is 244 g/mol. The molecular formula is C9H9BrO3. The van der Waals surface area contributed by atoms with Gasteiger partial charge >= 0.3 is 0 Å². The van der Waals surface area contributed by atoms with Gasteiger partial charge < -0.3 is 14.2 Å². The van der Waals surface area contributed by atoms with E-state index >= 15 is 0 Å². The topological polar surface area (TPSA) is 27.7 Å². The van der Waals surface area contributed by atoms with Crippen molar-refractivity contribution in [3.8, 4) is 11.5 Å². The second-order valence-corrected chi connectivity index (χ2v) is 3.58.